The molecule has 7 nitrogen and oxygen atoms in total. The summed E-state index contributed by atoms with van der Waals surface area (Å²) < 4.78 is 11.0. The molecule has 3 aromatic rings. The number of aliphatic hydroxyl groups is 1. The van der Waals surface area contributed by atoms with Crippen LogP contribution < -0.4 is 14.4 Å². The highest BCUT2D eigenvalue weighted by Crippen LogP contribution is 2.45. The van der Waals surface area contributed by atoms with Crippen LogP contribution in [0.1, 0.15) is 48.1 Å². The second-order valence-electron chi connectivity index (χ2n) is 9.00. The number of amides is 1. The molecule has 1 unspecified atom stereocenters. The molecular weight excluding hydrogens is 458 g/mol. The molecule has 0 aliphatic carbocycles. The highest BCUT2D eigenvalue weighted by atomic mass is 16.5. The lowest BCUT2D eigenvalue weighted by Crippen LogP contribution is -2.29. The van der Waals surface area contributed by atoms with E-state index in [2.05, 4.69) is 0 Å². The van der Waals surface area contributed by atoms with E-state index in [4.69, 9.17) is 9.47 Å². The van der Waals surface area contributed by atoms with Gasteiger partial charge in [-0.15, -0.1) is 0 Å². The number of hydrogen-bond acceptors (Lipinski definition) is 6. The molecule has 0 radical (unpaired) electrons. The van der Waals surface area contributed by atoms with E-state index in [9.17, 15) is 19.8 Å². The first-order chi connectivity index (χ1) is 17.2. The third-order valence-electron chi connectivity index (χ3n) is 6.45. The van der Waals surface area contributed by atoms with E-state index in [1.165, 1.54) is 24.1 Å². The number of methoxy groups -OCH3 is 2. The van der Waals surface area contributed by atoms with Crippen LogP contribution in [0, 0.1) is 6.92 Å². The summed E-state index contributed by atoms with van der Waals surface area (Å²) in [7, 11) is 3.07. The van der Waals surface area contributed by atoms with Crippen molar-refractivity contribution in [3.8, 4) is 17.2 Å². The third-order valence-corrected chi connectivity index (χ3v) is 6.45. The predicted octanol–water partition coefficient (Wildman–Crippen LogP) is 5.47. The van der Waals surface area contributed by atoms with Crippen LogP contribution in [0.25, 0.3) is 5.76 Å². The van der Waals surface area contributed by atoms with Gasteiger partial charge in [0.2, 0.25) is 0 Å². The number of para-hydroxylation sites is 2. The Morgan fingerprint density at radius 1 is 0.944 bits per heavy atom. The summed E-state index contributed by atoms with van der Waals surface area (Å²) in [5, 5.41) is 21.4. The molecule has 0 aromatic heterocycles. The normalized spacial score (nSPS) is 17.1. The maximum atomic E-state index is 13.5. The summed E-state index contributed by atoms with van der Waals surface area (Å²) in [6.07, 6.45) is 0. The van der Waals surface area contributed by atoms with E-state index in [1.807, 2.05) is 26.8 Å². The molecule has 1 aliphatic rings. The first-order valence-corrected chi connectivity index (χ1v) is 11.6. The minimum Gasteiger partial charge on any atom is -0.508 e. The van der Waals surface area contributed by atoms with Gasteiger partial charge in [0.15, 0.2) is 0 Å². The maximum absolute atomic E-state index is 13.5. The molecule has 2 N–H and O–H groups in total. The van der Waals surface area contributed by atoms with Gasteiger partial charge in [0.05, 0.1) is 31.5 Å². The molecule has 1 fully saturated rings. The van der Waals surface area contributed by atoms with E-state index in [0.717, 1.165) is 5.56 Å². The number of ketones is 1. The van der Waals surface area contributed by atoms with Gasteiger partial charge in [-0.3, -0.25) is 14.5 Å². The number of benzene rings is 3. The summed E-state index contributed by atoms with van der Waals surface area (Å²) in [5.74, 6) is -0.635. The average molecular weight is 488 g/mol. The molecule has 1 aliphatic heterocycles. The van der Waals surface area contributed by atoms with Crippen molar-refractivity contribution in [1.29, 1.82) is 0 Å². The average Bonchev–Trinajstić information content (AvgIpc) is 3.13. The Morgan fingerprint density at radius 3 is 2.19 bits per heavy atom. The second kappa shape index (κ2) is 9.77. The number of carbonyl (C=O) groups is 2. The lowest BCUT2D eigenvalue weighted by atomic mass is 9.91. The van der Waals surface area contributed by atoms with Crippen LogP contribution in [0.2, 0.25) is 0 Å². The van der Waals surface area contributed by atoms with Crippen LogP contribution in [0.5, 0.6) is 17.2 Å². The van der Waals surface area contributed by atoms with Crippen molar-refractivity contribution in [3.05, 3.63) is 88.5 Å². The van der Waals surface area contributed by atoms with E-state index in [0.29, 0.717) is 33.9 Å². The SMILES string of the molecule is COc1cc(C)c(/C(O)=C2\C(=O)C(=O)N(c3ccccc3OC)C2c2ccc(O)cc2)cc1C(C)C. The van der Waals surface area contributed by atoms with Gasteiger partial charge in [-0.25, -0.2) is 0 Å². The van der Waals surface area contributed by atoms with Crippen LogP contribution in [-0.4, -0.2) is 36.1 Å². The molecule has 1 amide bonds. The third kappa shape index (κ3) is 4.17. The Bertz CT molecular complexity index is 1360. The lowest BCUT2D eigenvalue weighted by molar-refractivity contribution is -0.132. The maximum Gasteiger partial charge on any atom is 0.300 e. The first kappa shape index (κ1) is 24.9. The molecule has 36 heavy (non-hydrogen) atoms. The van der Waals surface area contributed by atoms with Crippen molar-refractivity contribution in [1.82, 2.24) is 0 Å². The highest BCUT2D eigenvalue weighted by molar-refractivity contribution is 6.52. The van der Waals surface area contributed by atoms with Gasteiger partial charge < -0.3 is 19.7 Å². The summed E-state index contributed by atoms with van der Waals surface area (Å²) in [6, 6.07) is 15.8. The molecule has 186 valence electrons. The molecule has 1 saturated heterocycles. The van der Waals surface area contributed by atoms with Gasteiger partial charge in [-0.05, 0) is 65.9 Å². The zero-order chi connectivity index (χ0) is 26.1. The van der Waals surface area contributed by atoms with E-state index >= 15 is 0 Å². The molecule has 0 spiro atoms. The number of carbonyl (C=O) groups excluding carboxylic acids is 2. The number of anilines is 1. The number of ether oxygens (including phenoxy) is 2. The minimum atomic E-state index is -0.939. The fourth-order valence-electron chi connectivity index (χ4n) is 4.61. The quantitative estimate of drug-likeness (QED) is 0.272. The Balaban J connectivity index is 2.01. The van der Waals surface area contributed by atoms with Gasteiger partial charge in [0.25, 0.3) is 11.7 Å². The van der Waals surface area contributed by atoms with Crippen molar-refractivity contribution >= 4 is 23.1 Å². The topological polar surface area (TPSA) is 96.3 Å². The van der Waals surface area contributed by atoms with Crippen LogP contribution >= 0.6 is 0 Å². The van der Waals surface area contributed by atoms with Crippen LogP contribution in [0.4, 0.5) is 5.69 Å². The number of nitrogens with zero attached hydrogens (tertiary/aromatic N) is 1. The predicted molar refractivity (Wildman–Crippen MR) is 138 cm³/mol. The van der Waals surface area contributed by atoms with Crippen LogP contribution in [-0.2, 0) is 9.59 Å². The number of hydrogen-bond donors (Lipinski definition) is 2. The zero-order valence-corrected chi connectivity index (χ0v) is 20.9. The molecular formula is C29H29NO6. The monoisotopic (exact) mass is 487 g/mol. The molecule has 7 heteroatoms. The minimum absolute atomic E-state index is 0.0421. The summed E-state index contributed by atoms with van der Waals surface area (Å²) in [4.78, 5) is 28.3. The van der Waals surface area contributed by atoms with Gasteiger partial charge in [0, 0.05) is 5.56 Å². The Labute approximate surface area is 210 Å². The summed E-state index contributed by atoms with van der Waals surface area (Å²) in [5.41, 5.74) is 2.91. The van der Waals surface area contributed by atoms with Crippen molar-refractivity contribution in [2.45, 2.75) is 32.7 Å². The number of aryl methyl sites for hydroxylation is 1. The van der Waals surface area contributed by atoms with E-state index < -0.39 is 17.7 Å². The number of aliphatic hydroxyl groups excluding tert-OH is 1. The largest absolute Gasteiger partial charge is 0.508 e. The van der Waals surface area contributed by atoms with Crippen LogP contribution in [0.3, 0.4) is 0 Å². The van der Waals surface area contributed by atoms with Gasteiger partial charge in [-0.2, -0.15) is 0 Å². The van der Waals surface area contributed by atoms with Crippen molar-refractivity contribution < 1.29 is 29.3 Å². The number of rotatable bonds is 6. The molecule has 0 bridgehead atoms. The Hall–Kier alpha value is -4.26. The number of phenols is 1. The smallest absolute Gasteiger partial charge is 0.300 e. The lowest BCUT2D eigenvalue weighted by Gasteiger charge is -2.27. The molecule has 1 heterocycles. The molecule has 3 aromatic carbocycles. The highest BCUT2D eigenvalue weighted by Gasteiger charge is 2.48. The summed E-state index contributed by atoms with van der Waals surface area (Å²) >= 11 is 0. The van der Waals surface area contributed by atoms with E-state index in [-0.39, 0.29) is 23.0 Å². The summed E-state index contributed by atoms with van der Waals surface area (Å²) in [6.45, 7) is 5.83. The second-order valence-corrected chi connectivity index (χ2v) is 9.00. The fourth-order valence-corrected chi connectivity index (χ4v) is 4.61. The molecule has 1 atom stereocenters. The zero-order valence-electron chi connectivity index (χ0n) is 20.9. The van der Waals surface area contributed by atoms with Gasteiger partial charge in [-0.1, -0.05) is 38.1 Å². The van der Waals surface area contributed by atoms with Gasteiger partial charge >= 0.3 is 0 Å². The Morgan fingerprint density at radius 2 is 1.58 bits per heavy atom. The Kier molecular flexibility index (Phi) is 6.75. The number of aromatic hydroxyl groups is 1. The van der Waals surface area contributed by atoms with E-state index in [1.54, 1.807) is 49.6 Å². The standard InChI is InChI=1S/C29H29NO6/c1-16(2)20-15-21(17(3)14-24(20)36-5)27(32)25-26(18-10-12-19(31)13-11-18)30(29(34)28(25)33)22-8-6-7-9-23(22)35-4/h6-16,26,31-32H,1-5H3/b27-25+. The molecule has 0 saturated carbocycles. The number of phenolic OH excluding ortho intramolecular Hbond substituents is 1. The van der Waals surface area contributed by atoms with Crippen LogP contribution in [0.15, 0.2) is 66.2 Å². The van der Waals surface area contributed by atoms with Gasteiger partial charge in [0.1, 0.15) is 23.0 Å². The van der Waals surface area contributed by atoms with Crippen molar-refractivity contribution in [2.75, 3.05) is 19.1 Å². The first-order valence-electron chi connectivity index (χ1n) is 11.6. The fraction of sp³-hybridized carbons (Fsp3) is 0.241. The van der Waals surface area contributed by atoms with Crippen molar-refractivity contribution in [2.24, 2.45) is 0 Å². The van der Waals surface area contributed by atoms with Crippen molar-refractivity contribution in [3.63, 3.8) is 0 Å². The molecule has 4 rings (SSSR count). The number of Topliss-reactive ketones (excluding diaryl/α,β-unsaturated/α-hetero) is 1.